The van der Waals surface area contributed by atoms with Crippen LogP contribution in [-0.2, 0) is 14.3 Å². The van der Waals surface area contributed by atoms with Gasteiger partial charge in [-0.3, -0.25) is 14.9 Å². The highest BCUT2D eigenvalue weighted by Gasteiger charge is 2.31. The quantitative estimate of drug-likeness (QED) is 0.443. The molecule has 29 heavy (non-hydrogen) atoms. The molecule has 0 spiro atoms. The van der Waals surface area contributed by atoms with E-state index in [1.54, 1.807) is 24.3 Å². The van der Waals surface area contributed by atoms with Crippen LogP contribution in [0.5, 0.6) is 17.2 Å². The fourth-order valence-corrected chi connectivity index (χ4v) is 2.57. The maximum atomic E-state index is 12.4. The molecule has 10 heteroatoms. The monoisotopic (exact) mass is 402 g/mol. The summed E-state index contributed by atoms with van der Waals surface area (Å²) in [6.45, 7) is 1.35. The Morgan fingerprint density at radius 1 is 1.24 bits per heavy atom. The molecule has 0 saturated carbocycles. The molecule has 2 aromatic rings. The number of hydrogen-bond donors (Lipinski definition) is 1. The van der Waals surface area contributed by atoms with E-state index in [4.69, 9.17) is 18.9 Å². The Morgan fingerprint density at radius 3 is 2.66 bits per heavy atom. The van der Waals surface area contributed by atoms with Crippen molar-refractivity contribution in [3.8, 4) is 17.2 Å². The number of para-hydroxylation sites is 2. The fraction of sp³-hybridized carbons (Fsp3) is 0.263. The maximum absolute atomic E-state index is 12.4. The molecule has 1 heterocycles. The number of carbonyl (C=O) groups is 2. The Hall–Kier alpha value is -3.82. The lowest BCUT2D eigenvalue weighted by molar-refractivity contribution is -0.384. The van der Waals surface area contributed by atoms with Crippen molar-refractivity contribution in [3.05, 3.63) is 52.6 Å². The van der Waals surface area contributed by atoms with Crippen LogP contribution in [0, 0.1) is 10.1 Å². The molecule has 2 aromatic carbocycles. The molecule has 0 fully saturated rings. The number of nitrogens with zero attached hydrogens (tertiary/aromatic N) is 1. The largest absolute Gasteiger partial charge is 0.494 e. The van der Waals surface area contributed by atoms with Crippen LogP contribution >= 0.6 is 0 Å². The average molecular weight is 402 g/mol. The van der Waals surface area contributed by atoms with Crippen LogP contribution in [0.15, 0.2) is 42.5 Å². The number of rotatable bonds is 6. The van der Waals surface area contributed by atoms with Crippen molar-refractivity contribution in [2.75, 3.05) is 19.0 Å². The molecule has 1 aliphatic heterocycles. The molecule has 2 atom stereocenters. The van der Waals surface area contributed by atoms with Gasteiger partial charge in [0, 0.05) is 6.07 Å². The number of hydrogen-bond acceptors (Lipinski definition) is 8. The Bertz CT molecular complexity index is 946. The van der Waals surface area contributed by atoms with Crippen LogP contribution in [0.2, 0.25) is 0 Å². The zero-order chi connectivity index (χ0) is 21.0. The molecule has 1 N–H and O–H groups in total. The first kappa shape index (κ1) is 19.9. The van der Waals surface area contributed by atoms with E-state index in [9.17, 15) is 19.7 Å². The van der Waals surface area contributed by atoms with Crippen LogP contribution in [0.4, 0.5) is 11.4 Å². The highest BCUT2D eigenvalue weighted by molar-refractivity contribution is 5.96. The van der Waals surface area contributed by atoms with Crippen molar-refractivity contribution in [2.45, 2.75) is 19.1 Å². The van der Waals surface area contributed by atoms with Crippen LogP contribution < -0.4 is 19.5 Å². The number of nitro groups is 1. The smallest absolute Gasteiger partial charge is 0.351 e. The molecule has 0 aliphatic carbocycles. The van der Waals surface area contributed by atoms with Crippen molar-refractivity contribution in [1.29, 1.82) is 0 Å². The van der Waals surface area contributed by atoms with E-state index in [1.165, 1.54) is 32.2 Å². The molecule has 1 amide bonds. The minimum Gasteiger partial charge on any atom is -0.494 e. The summed E-state index contributed by atoms with van der Waals surface area (Å²) < 4.78 is 21.2. The van der Waals surface area contributed by atoms with E-state index < -0.39 is 29.0 Å². The molecular weight excluding hydrogens is 384 g/mol. The Morgan fingerprint density at radius 2 is 1.97 bits per heavy atom. The van der Waals surface area contributed by atoms with Gasteiger partial charge in [0.2, 0.25) is 6.10 Å². The molecule has 0 bridgehead atoms. The number of ether oxygens (including phenoxy) is 4. The van der Waals surface area contributed by atoms with Gasteiger partial charge in [0.25, 0.3) is 11.6 Å². The molecule has 0 aromatic heterocycles. The lowest BCUT2D eigenvalue weighted by Gasteiger charge is -2.26. The summed E-state index contributed by atoms with van der Waals surface area (Å²) in [5.74, 6) is -0.354. The van der Waals surface area contributed by atoms with Gasteiger partial charge in [-0.05, 0) is 25.1 Å². The zero-order valence-electron chi connectivity index (χ0n) is 15.6. The minimum atomic E-state index is -1.15. The van der Waals surface area contributed by atoms with Crippen molar-refractivity contribution in [2.24, 2.45) is 0 Å². The van der Waals surface area contributed by atoms with E-state index >= 15 is 0 Å². The molecular formula is C19H18N2O8. The van der Waals surface area contributed by atoms with Gasteiger partial charge in [0.1, 0.15) is 12.4 Å². The van der Waals surface area contributed by atoms with Gasteiger partial charge in [-0.2, -0.15) is 0 Å². The predicted octanol–water partition coefficient (Wildman–Crippen LogP) is 2.31. The van der Waals surface area contributed by atoms with Gasteiger partial charge >= 0.3 is 5.97 Å². The molecule has 0 radical (unpaired) electrons. The van der Waals surface area contributed by atoms with Crippen LogP contribution in [-0.4, -0.2) is 42.7 Å². The van der Waals surface area contributed by atoms with Crippen molar-refractivity contribution in [3.63, 3.8) is 0 Å². The first-order valence-corrected chi connectivity index (χ1v) is 8.61. The van der Waals surface area contributed by atoms with Gasteiger partial charge < -0.3 is 24.3 Å². The van der Waals surface area contributed by atoms with Crippen LogP contribution in [0.25, 0.3) is 0 Å². The Labute approximate surface area is 165 Å². The summed E-state index contributed by atoms with van der Waals surface area (Å²) in [6.07, 6.45) is -2.16. The number of anilines is 1. The second kappa shape index (κ2) is 8.46. The second-order valence-electron chi connectivity index (χ2n) is 6.07. The maximum Gasteiger partial charge on any atom is 0.351 e. The van der Waals surface area contributed by atoms with E-state index in [2.05, 4.69) is 5.32 Å². The third-order valence-electron chi connectivity index (χ3n) is 4.09. The number of carbonyl (C=O) groups excluding carboxylic acids is 2. The third-order valence-corrected chi connectivity index (χ3v) is 4.09. The molecule has 10 nitrogen and oxygen atoms in total. The number of nitrogens with one attached hydrogen (secondary N) is 1. The number of methoxy groups -OCH3 is 1. The minimum absolute atomic E-state index is 0.0413. The average Bonchev–Trinajstić information content (AvgIpc) is 2.73. The number of non-ortho nitro benzene ring substituents is 1. The Kier molecular flexibility index (Phi) is 5.82. The lowest BCUT2D eigenvalue weighted by Crippen LogP contribution is -2.41. The van der Waals surface area contributed by atoms with Gasteiger partial charge in [0.15, 0.2) is 17.6 Å². The van der Waals surface area contributed by atoms with Crippen molar-refractivity contribution >= 4 is 23.3 Å². The van der Waals surface area contributed by atoms with E-state index in [1.807, 2.05) is 0 Å². The van der Waals surface area contributed by atoms with Crippen molar-refractivity contribution < 1.29 is 33.5 Å². The second-order valence-corrected chi connectivity index (χ2v) is 6.07. The first-order chi connectivity index (χ1) is 13.9. The Balaban J connectivity index is 1.61. The van der Waals surface area contributed by atoms with Gasteiger partial charge in [-0.1, -0.05) is 12.1 Å². The number of esters is 1. The summed E-state index contributed by atoms with van der Waals surface area (Å²) in [6, 6.07) is 10.6. The highest BCUT2D eigenvalue weighted by Crippen LogP contribution is 2.31. The number of fused-ring (bicyclic) bond motifs is 1. The summed E-state index contributed by atoms with van der Waals surface area (Å²) in [7, 11) is 1.32. The third kappa shape index (κ3) is 4.54. The molecule has 0 saturated heterocycles. The SMILES string of the molecule is COc1cc([N+](=O)[O-])ccc1NC(=O)[C@@H](C)OC(=O)[C@@H]1COc2ccccc2O1. The van der Waals surface area contributed by atoms with Crippen LogP contribution in [0.3, 0.4) is 0 Å². The van der Waals surface area contributed by atoms with Gasteiger partial charge in [-0.25, -0.2) is 4.79 Å². The molecule has 3 rings (SSSR count). The van der Waals surface area contributed by atoms with E-state index in [0.29, 0.717) is 11.5 Å². The number of amides is 1. The molecule has 1 aliphatic rings. The molecule has 152 valence electrons. The number of nitro benzene ring substituents is 1. The van der Waals surface area contributed by atoms with Crippen LogP contribution in [0.1, 0.15) is 6.92 Å². The lowest BCUT2D eigenvalue weighted by atomic mass is 10.2. The summed E-state index contributed by atoms with van der Waals surface area (Å²) >= 11 is 0. The summed E-state index contributed by atoms with van der Waals surface area (Å²) in [5.41, 5.74) is 0.0197. The predicted molar refractivity (Wildman–Crippen MR) is 100 cm³/mol. The van der Waals surface area contributed by atoms with E-state index in [-0.39, 0.29) is 23.7 Å². The van der Waals surface area contributed by atoms with Crippen molar-refractivity contribution in [1.82, 2.24) is 0 Å². The van der Waals surface area contributed by atoms with E-state index in [0.717, 1.165) is 0 Å². The highest BCUT2D eigenvalue weighted by atomic mass is 16.6. The first-order valence-electron chi connectivity index (χ1n) is 8.61. The van der Waals surface area contributed by atoms with Gasteiger partial charge in [-0.15, -0.1) is 0 Å². The number of benzene rings is 2. The fourth-order valence-electron chi connectivity index (χ4n) is 2.57. The zero-order valence-corrected chi connectivity index (χ0v) is 15.6. The summed E-state index contributed by atoms with van der Waals surface area (Å²) in [5, 5.41) is 13.4. The topological polar surface area (TPSA) is 126 Å². The summed E-state index contributed by atoms with van der Waals surface area (Å²) in [4.78, 5) is 34.9. The molecule has 0 unspecified atom stereocenters. The standard InChI is InChI=1S/C19H18N2O8/c1-11(18(22)20-13-8-7-12(21(24)25)9-16(13)26-2)28-19(23)17-10-27-14-5-3-4-6-15(14)29-17/h3-9,11,17H,10H2,1-2H3,(H,20,22)/t11-,17+/m1/s1. The van der Waals surface area contributed by atoms with Gasteiger partial charge in [0.05, 0.1) is 23.8 Å². The normalized spacial score (nSPS) is 15.7.